The second kappa shape index (κ2) is 85.6. The van der Waals surface area contributed by atoms with E-state index in [1.165, 1.54) is 449 Å². The zero-order chi connectivity index (χ0) is 74.6. The van der Waals surface area contributed by atoms with Crippen LogP contribution in [0.5, 0.6) is 0 Å². The molecule has 0 spiro atoms. The van der Waals surface area contributed by atoms with Crippen LogP contribution in [-0.4, -0.2) is 82.3 Å². The monoisotopic (exact) mass is 1450 g/mol. The molecular weight excluding hydrogens is 1270 g/mol. The molecule has 0 bridgehead atoms. The zero-order valence-electron chi connectivity index (χ0n) is 70.5. The molecule has 0 aromatic carbocycles. The maximum absolute atomic E-state index is 13.0. The van der Waals surface area contributed by atoms with Crippen LogP contribution in [0.3, 0.4) is 0 Å². The molecule has 612 valence electrons. The van der Waals surface area contributed by atoms with E-state index in [2.05, 4.69) is 26.0 Å². The van der Waals surface area contributed by atoms with Crippen molar-refractivity contribution in [1.29, 1.82) is 0 Å². The minimum absolute atomic E-state index is 0.153. The number of aliphatic carboxylic acids is 1. The number of carboxylic acids is 1. The Morgan fingerprint density at radius 3 is 0.718 bits per heavy atom. The van der Waals surface area contributed by atoms with Crippen molar-refractivity contribution < 1.29 is 42.9 Å². The van der Waals surface area contributed by atoms with Crippen LogP contribution in [0.15, 0.2) is 12.2 Å². The molecular formula is C94H183NO8. The summed E-state index contributed by atoms with van der Waals surface area (Å²) in [6, 6.07) is 0. The van der Waals surface area contributed by atoms with Gasteiger partial charge >= 0.3 is 11.9 Å². The van der Waals surface area contributed by atoms with Gasteiger partial charge in [-0.05, 0) is 38.5 Å². The molecule has 2 unspecified atom stereocenters. The van der Waals surface area contributed by atoms with Gasteiger partial charge in [-0.3, -0.25) is 9.59 Å². The Morgan fingerprint density at radius 2 is 0.495 bits per heavy atom. The number of likely N-dealkylation sites (N-methyl/N-ethyl adjacent to an activating group) is 1. The predicted octanol–water partition coefficient (Wildman–Crippen LogP) is 29.3. The zero-order valence-corrected chi connectivity index (χ0v) is 70.5. The first kappa shape index (κ1) is 101. The Hall–Kier alpha value is -1.97. The highest BCUT2D eigenvalue weighted by atomic mass is 16.7. The van der Waals surface area contributed by atoms with Gasteiger partial charge in [0, 0.05) is 12.8 Å². The van der Waals surface area contributed by atoms with Crippen molar-refractivity contribution in [3.05, 3.63) is 12.2 Å². The highest BCUT2D eigenvalue weighted by Crippen LogP contribution is 2.22. The number of quaternary nitrogens is 1. The van der Waals surface area contributed by atoms with E-state index in [-0.39, 0.29) is 32.2 Å². The molecule has 0 aliphatic rings. The molecule has 0 radical (unpaired) electrons. The number of hydrogen-bond acceptors (Lipinski definition) is 8. The normalized spacial score (nSPS) is 12.5. The molecule has 0 aromatic rings. The molecule has 9 heteroatoms. The van der Waals surface area contributed by atoms with Crippen LogP contribution < -0.4 is 5.11 Å². The lowest BCUT2D eigenvalue weighted by molar-refractivity contribution is -0.870. The predicted molar refractivity (Wildman–Crippen MR) is 445 cm³/mol. The van der Waals surface area contributed by atoms with Crippen molar-refractivity contribution in [3.8, 4) is 0 Å². The molecule has 2 atom stereocenters. The smallest absolute Gasteiger partial charge is 0.306 e. The summed E-state index contributed by atoms with van der Waals surface area (Å²) < 4.78 is 23.0. The third-order valence-electron chi connectivity index (χ3n) is 22.0. The molecule has 0 saturated carbocycles. The minimum atomic E-state index is -1.62. The van der Waals surface area contributed by atoms with Gasteiger partial charge in [0.2, 0.25) is 0 Å². The topological polar surface area (TPSA) is 111 Å². The van der Waals surface area contributed by atoms with Gasteiger partial charge in [-0.25, -0.2) is 0 Å². The molecule has 0 rings (SSSR count). The van der Waals surface area contributed by atoms with E-state index in [1.54, 1.807) is 0 Å². The molecule has 0 aliphatic carbocycles. The van der Waals surface area contributed by atoms with Crippen molar-refractivity contribution >= 4 is 17.9 Å². The quantitative estimate of drug-likeness (QED) is 0.0195. The van der Waals surface area contributed by atoms with E-state index in [9.17, 15) is 19.5 Å². The van der Waals surface area contributed by atoms with Gasteiger partial charge in [0.1, 0.15) is 13.2 Å². The molecule has 0 aliphatic heterocycles. The van der Waals surface area contributed by atoms with Crippen LogP contribution in [0.25, 0.3) is 0 Å². The Labute approximate surface area is 644 Å². The van der Waals surface area contributed by atoms with E-state index in [1.807, 2.05) is 21.1 Å². The highest BCUT2D eigenvalue weighted by Gasteiger charge is 2.22. The van der Waals surface area contributed by atoms with E-state index in [4.69, 9.17) is 18.9 Å². The fourth-order valence-electron chi connectivity index (χ4n) is 14.9. The third kappa shape index (κ3) is 87.1. The van der Waals surface area contributed by atoms with E-state index >= 15 is 0 Å². The molecule has 103 heavy (non-hydrogen) atoms. The Morgan fingerprint density at radius 1 is 0.282 bits per heavy atom. The number of allylic oxidation sites excluding steroid dienone is 2. The summed E-state index contributed by atoms with van der Waals surface area (Å²) in [5.74, 6) is -2.24. The second-order valence-electron chi connectivity index (χ2n) is 33.7. The number of carbonyl (C=O) groups is 3. The van der Waals surface area contributed by atoms with Crippen LogP contribution >= 0.6 is 0 Å². The molecule has 0 heterocycles. The Balaban J connectivity index is 3.85. The van der Waals surface area contributed by atoms with E-state index < -0.39 is 24.3 Å². The molecule has 0 aromatic heterocycles. The summed E-state index contributed by atoms with van der Waals surface area (Å²) in [7, 11) is 5.96. The van der Waals surface area contributed by atoms with Crippen molar-refractivity contribution in [2.24, 2.45) is 0 Å². The number of unbranched alkanes of at least 4 members (excludes halogenated alkanes) is 73. The Bertz CT molecular complexity index is 1700. The third-order valence-corrected chi connectivity index (χ3v) is 22.0. The first-order valence-electron chi connectivity index (χ1n) is 46.8. The average molecular weight is 1460 g/mol. The molecule has 0 fully saturated rings. The van der Waals surface area contributed by atoms with Crippen molar-refractivity contribution in [2.45, 2.75) is 527 Å². The fourth-order valence-corrected chi connectivity index (χ4v) is 14.9. The standard InChI is InChI=1S/C94H183NO8/c1-6-8-10-12-14-16-18-20-22-24-26-28-30-32-34-36-38-40-42-44-45-46-47-49-50-52-54-56-58-60-62-64-66-68-70-72-74-76-78-80-82-84-91(96)101-88-90(89-102-94(93(98)99)100-87-86-95(3,4)5)103-92(97)85-83-81-79-77-75-73-71-69-67-65-63-61-59-57-55-53-51-48-43-41-39-37-35-33-31-29-27-25-23-21-19-17-15-13-11-9-7-2/h25,27,90,94H,6-24,26,28-89H2,1-5H3/b27-25-. The van der Waals surface area contributed by atoms with Gasteiger partial charge in [-0.1, -0.05) is 475 Å². The maximum atomic E-state index is 13.0. The van der Waals surface area contributed by atoms with Crippen molar-refractivity contribution in [2.75, 3.05) is 47.5 Å². The summed E-state index contributed by atoms with van der Waals surface area (Å²) in [4.78, 5) is 37.7. The number of rotatable bonds is 90. The van der Waals surface area contributed by atoms with Crippen molar-refractivity contribution in [3.63, 3.8) is 0 Å². The highest BCUT2D eigenvalue weighted by molar-refractivity contribution is 5.70. The van der Waals surface area contributed by atoms with Gasteiger partial charge < -0.3 is 33.3 Å². The summed E-state index contributed by atoms with van der Waals surface area (Å²) in [5, 5.41) is 11.9. The van der Waals surface area contributed by atoms with Crippen molar-refractivity contribution in [1.82, 2.24) is 0 Å². The number of esters is 2. The van der Waals surface area contributed by atoms with Crippen LogP contribution in [0.1, 0.15) is 515 Å². The van der Waals surface area contributed by atoms with Gasteiger partial charge in [0.15, 0.2) is 12.4 Å². The van der Waals surface area contributed by atoms with Gasteiger partial charge in [-0.15, -0.1) is 0 Å². The van der Waals surface area contributed by atoms with E-state index in [0.717, 1.165) is 38.5 Å². The van der Waals surface area contributed by atoms with Crippen LogP contribution in [0, 0.1) is 0 Å². The SMILES string of the molecule is CCCCCCCCCC/C=C\CCCCCCCCCCCCCCCCCCCCCCCCCCCC(=O)OC(COC(=O)CCCCCCCCCCCCCCCCCCCCCCCCCCCCCCCCCCCCCCCCCCC)COC(OCC[N+](C)(C)C)C(=O)[O-]. The number of carboxylic acid groups (broad SMARTS) is 1. The van der Waals surface area contributed by atoms with Gasteiger partial charge in [0.05, 0.1) is 40.3 Å². The molecule has 9 nitrogen and oxygen atoms in total. The van der Waals surface area contributed by atoms with Gasteiger partial charge in [-0.2, -0.15) is 0 Å². The first-order chi connectivity index (χ1) is 50.6. The number of nitrogens with zero attached hydrogens (tertiary/aromatic N) is 1. The fraction of sp³-hybridized carbons (Fsp3) is 0.947. The van der Waals surface area contributed by atoms with E-state index in [0.29, 0.717) is 17.4 Å². The number of ether oxygens (including phenoxy) is 4. The number of hydrogen-bond donors (Lipinski definition) is 0. The lowest BCUT2D eigenvalue weighted by Crippen LogP contribution is -2.44. The lowest BCUT2D eigenvalue weighted by atomic mass is 10.0. The summed E-state index contributed by atoms with van der Waals surface area (Å²) in [6.45, 7) is 4.86. The maximum Gasteiger partial charge on any atom is 0.306 e. The molecule has 0 saturated heterocycles. The average Bonchev–Trinajstić information content (AvgIpc) is 1.16. The lowest BCUT2D eigenvalue weighted by Gasteiger charge is -2.26. The second-order valence-corrected chi connectivity index (χ2v) is 33.7. The summed E-state index contributed by atoms with van der Waals surface area (Å²) >= 11 is 0. The molecule has 0 N–H and O–H groups in total. The summed E-state index contributed by atoms with van der Waals surface area (Å²) in [5.41, 5.74) is 0. The van der Waals surface area contributed by atoms with Crippen LogP contribution in [0.2, 0.25) is 0 Å². The minimum Gasteiger partial charge on any atom is -0.545 e. The molecule has 0 amide bonds. The van der Waals surface area contributed by atoms with Crippen LogP contribution in [-0.2, 0) is 33.3 Å². The first-order valence-corrected chi connectivity index (χ1v) is 46.8. The van der Waals surface area contributed by atoms with Crippen LogP contribution in [0.4, 0.5) is 0 Å². The largest absolute Gasteiger partial charge is 0.545 e. The summed E-state index contributed by atoms with van der Waals surface area (Å²) in [6.07, 6.45) is 107. The Kier molecular flexibility index (Phi) is 84.0. The number of carbonyl (C=O) groups excluding carboxylic acids is 3. The van der Waals surface area contributed by atoms with Gasteiger partial charge in [0.25, 0.3) is 0 Å².